The third-order valence-electron chi connectivity index (χ3n) is 4.15. The summed E-state index contributed by atoms with van der Waals surface area (Å²) in [4.78, 5) is 4.80. The summed E-state index contributed by atoms with van der Waals surface area (Å²) < 4.78 is 4.47. The van der Waals surface area contributed by atoms with Crippen LogP contribution in [0.25, 0.3) is 11.2 Å². The number of rotatable bonds is 5. The van der Waals surface area contributed by atoms with E-state index in [0.717, 1.165) is 35.9 Å². The molecule has 1 aliphatic rings. The minimum atomic E-state index is 0.504. The summed E-state index contributed by atoms with van der Waals surface area (Å²) in [7, 11) is 0. The van der Waals surface area contributed by atoms with E-state index in [1.807, 2.05) is 6.92 Å². The quantitative estimate of drug-likeness (QED) is 0.788. The largest absolute Gasteiger partial charge is 0.310 e. The van der Waals surface area contributed by atoms with Crippen LogP contribution in [0.5, 0.6) is 0 Å². The molecule has 1 fully saturated rings. The molecule has 2 heterocycles. The zero-order valence-corrected chi connectivity index (χ0v) is 12.6. The first-order chi connectivity index (χ1) is 9.17. The van der Waals surface area contributed by atoms with Crippen molar-refractivity contribution in [2.45, 2.75) is 52.6 Å². The van der Waals surface area contributed by atoms with E-state index >= 15 is 0 Å². The first kappa shape index (κ1) is 13.0. The average Bonchev–Trinajstić information content (AvgIpc) is 3.11. The van der Waals surface area contributed by atoms with Crippen LogP contribution in [0, 0.1) is 12.8 Å². The van der Waals surface area contributed by atoms with Crippen LogP contribution in [0.4, 0.5) is 0 Å². The minimum absolute atomic E-state index is 0.504. The Morgan fingerprint density at radius 1 is 1.42 bits per heavy atom. The second-order valence-corrected chi connectivity index (χ2v) is 5.87. The summed E-state index contributed by atoms with van der Waals surface area (Å²) in [6.45, 7) is 7.36. The van der Waals surface area contributed by atoms with Gasteiger partial charge in [0.1, 0.15) is 11.3 Å². The van der Waals surface area contributed by atoms with E-state index in [2.05, 4.69) is 28.2 Å². The van der Waals surface area contributed by atoms with Crippen molar-refractivity contribution in [2.75, 3.05) is 5.88 Å². The van der Waals surface area contributed by atoms with Crippen molar-refractivity contribution < 1.29 is 0 Å². The molecule has 0 aliphatic heterocycles. The molecule has 1 atom stereocenters. The number of halogens is 1. The van der Waals surface area contributed by atoms with E-state index in [0.29, 0.717) is 11.9 Å². The van der Waals surface area contributed by atoms with Gasteiger partial charge in [-0.2, -0.15) is 5.10 Å². The van der Waals surface area contributed by atoms with Crippen LogP contribution in [0.2, 0.25) is 0 Å². The van der Waals surface area contributed by atoms with Crippen LogP contribution in [0.3, 0.4) is 0 Å². The van der Waals surface area contributed by atoms with Gasteiger partial charge in [0, 0.05) is 24.9 Å². The lowest BCUT2D eigenvalue weighted by molar-refractivity contribution is 0.469. The van der Waals surface area contributed by atoms with Crippen LogP contribution < -0.4 is 0 Å². The monoisotopic (exact) mass is 280 g/mol. The van der Waals surface area contributed by atoms with Gasteiger partial charge in [0.05, 0.1) is 5.69 Å². The number of nitrogens with zero attached hydrogens (tertiary/aromatic N) is 4. The molecule has 4 nitrogen and oxygen atoms in total. The Morgan fingerprint density at radius 3 is 2.74 bits per heavy atom. The maximum Gasteiger partial charge on any atom is 0.159 e. The molecule has 2 aromatic rings. The highest BCUT2D eigenvalue weighted by molar-refractivity contribution is 6.17. The Hall–Kier alpha value is -1.03. The number of fused-ring (bicyclic) bond motifs is 1. The van der Waals surface area contributed by atoms with Gasteiger partial charge in [0.2, 0.25) is 0 Å². The molecular weight excluding hydrogens is 260 g/mol. The second kappa shape index (κ2) is 4.82. The van der Waals surface area contributed by atoms with Crippen molar-refractivity contribution in [1.29, 1.82) is 0 Å². The summed E-state index contributed by atoms with van der Waals surface area (Å²) in [5, 5.41) is 4.59. The van der Waals surface area contributed by atoms with Crippen molar-refractivity contribution in [3.05, 3.63) is 11.5 Å². The molecule has 3 rings (SSSR count). The molecule has 2 aromatic heterocycles. The van der Waals surface area contributed by atoms with E-state index in [4.69, 9.17) is 16.6 Å². The molecule has 0 spiro atoms. The third-order valence-corrected chi connectivity index (χ3v) is 4.33. The Balaban J connectivity index is 2.20. The predicted molar refractivity (Wildman–Crippen MR) is 77.8 cm³/mol. The normalized spacial score (nSPS) is 17.3. The zero-order valence-electron chi connectivity index (χ0n) is 11.9. The molecule has 5 heteroatoms. The molecule has 1 unspecified atom stereocenters. The predicted octanol–water partition coefficient (Wildman–Crippen LogP) is 3.31. The fourth-order valence-corrected chi connectivity index (χ4v) is 3.10. The summed E-state index contributed by atoms with van der Waals surface area (Å²) in [5.41, 5.74) is 3.25. The smallest absolute Gasteiger partial charge is 0.159 e. The van der Waals surface area contributed by atoms with Gasteiger partial charge in [-0.25, -0.2) is 9.67 Å². The lowest BCUT2D eigenvalue weighted by atomic mass is 10.2. The Morgan fingerprint density at radius 2 is 2.16 bits per heavy atom. The van der Waals surface area contributed by atoms with Gasteiger partial charge >= 0.3 is 0 Å². The van der Waals surface area contributed by atoms with E-state index in [1.165, 1.54) is 18.5 Å². The van der Waals surface area contributed by atoms with E-state index in [-0.39, 0.29) is 0 Å². The summed E-state index contributed by atoms with van der Waals surface area (Å²) in [6, 6.07) is 0.504. The summed E-state index contributed by atoms with van der Waals surface area (Å²) in [6.07, 6.45) is 3.50. The molecule has 0 aromatic carbocycles. The van der Waals surface area contributed by atoms with Crippen molar-refractivity contribution in [3.8, 4) is 0 Å². The molecule has 1 aliphatic carbocycles. The van der Waals surface area contributed by atoms with Gasteiger partial charge in [-0.15, -0.1) is 11.6 Å². The number of aromatic nitrogens is 4. The lowest BCUT2D eigenvalue weighted by Crippen LogP contribution is -2.14. The molecule has 0 radical (unpaired) electrons. The molecule has 0 saturated heterocycles. The summed E-state index contributed by atoms with van der Waals surface area (Å²) >= 11 is 5.94. The number of hydrogen-bond acceptors (Lipinski definition) is 2. The van der Waals surface area contributed by atoms with Gasteiger partial charge in [-0.1, -0.05) is 0 Å². The zero-order chi connectivity index (χ0) is 13.6. The number of aryl methyl sites for hydroxylation is 3. The fourth-order valence-electron chi connectivity index (χ4n) is 2.93. The van der Waals surface area contributed by atoms with E-state index in [1.54, 1.807) is 0 Å². The second-order valence-electron chi connectivity index (χ2n) is 5.49. The first-order valence-electron chi connectivity index (χ1n) is 7.17. The standard InChI is InChI=1S/C14H21ClN4/c1-4-18-14-13(9(2)17-18)16-12(7-8-15)19(14)10(3)11-5-6-11/h10-11H,4-8H2,1-3H3. The van der Waals surface area contributed by atoms with Crippen LogP contribution in [-0.2, 0) is 13.0 Å². The molecule has 104 valence electrons. The number of alkyl halides is 1. The van der Waals surface area contributed by atoms with Crippen molar-refractivity contribution in [2.24, 2.45) is 5.92 Å². The van der Waals surface area contributed by atoms with Gasteiger partial charge in [0.25, 0.3) is 0 Å². The van der Waals surface area contributed by atoms with Crippen molar-refractivity contribution in [1.82, 2.24) is 19.3 Å². The van der Waals surface area contributed by atoms with Crippen LogP contribution in [0.1, 0.15) is 44.2 Å². The third kappa shape index (κ3) is 2.06. The van der Waals surface area contributed by atoms with Gasteiger partial charge in [-0.3, -0.25) is 0 Å². The average molecular weight is 281 g/mol. The molecule has 0 amide bonds. The van der Waals surface area contributed by atoms with Crippen LogP contribution in [0.15, 0.2) is 0 Å². The number of hydrogen-bond donors (Lipinski definition) is 0. The van der Waals surface area contributed by atoms with Crippen LogP contribution >= 0.6 is 11.6 Å². The lowest BCUT2D eigenvalue weighted by Gasteiger charge is -2.17. The SMILES string of the molecule is CCn1nc(C)c2nc(CCCl)n(C(C)C3CC3)c21. The van der Waals surface area contributed by atoms with Crippen LogP contribution in [-0.4, -0.2) is 25.2 Å². The topological polar surface area (TPSA) is 35.6 Å². The highest BCUT2D eigenvalue weighted by Crippen LogP contribution is 2.41. The first-order valence-corrected chi connectivity index (χ1v) is 7.71. The van der Waals surface area contributed by atoms with Crippen molar-refractivity contribution in [3.63, 3.8) is 0 Å². The Bertz CT molecular complexity index is 594. The summed E-state index contributed by atoms with van der Waals surface area (Å²) in [5.74, 6) is 2.54. The molecule has 0 N–H and O–H groups in total. The van der Waals surface area contributed by atoms with Gasteiger partial charge < -0.3 is 4.57 Å². The maximum absolute atomic E-state index is 5.94. The molecule has 0 bridgehead atoms. The van der Waals surface area contributed by atoms with Crippen molar-refractivity contribution >= 4 is 22.8 Å². The van der Waals surface area contributed by atoms with E-state index in [9.17, 15) is 0 Å². The maximum atomic E-state index is 5.94. The highest BCUT2D eigenvalue weighted by atomic mass is 35.5. The molecule has 19 heavy (non-hydrogen) atoms. The Kier molecular flexibility index (Phi) is 3.29. The van der Waals surface area contributed by atoms with E-state index < -0.39 is 0 Å². The Labute approximate surface area is 118 Å². The molecule has 1 saturated carbocycles. The van der Waals surface area contributed by atoms with Gasteiger partial charge in [-0.05, 0) is 39.5 Å². The van der Waals surface area contributed by atoms with Gasteiger partial charge in [0.15, 0.2) is 5.65 Å². The minimum Gasteiger partial charge on any atom is -0.310 e. The highest BCUT2D eigenvalue weighted by Gasteiger charge is 2.32. The fraction of sp³-hybridized carbons (Fsp3) is 0.714. The number of imidazole rings is 1. The molecular formula is C14H21ClN4.